The summed E-state index contributed by atoms with van der Waals surface area (Å²) in [7, 11) is 4.44. The Morgan fingerprint density at radius 2 is 2.04 bits per heavy atom. The number of amides is 2. The molecule has 9 nitrogen and oxygen atoms in total. The van der Waals surface area contributed by atoms with Crippen LogP contribution in [0, 0.1) is 0 Å². The SMILES string of the molecule is CNC(=O)[C@@H]1C[C@H](Oc2cccnc2)CN1C(=O)c1ccc(OC)nc1OC. The van der Waals surface area contributed by atoms with Gasteiger partial charge in [-0.15, -0.1) is 0 Å². The van der Waals surface area contributed by atoms with E-state index in [1.165, 1.54) is 26.2 Å². The summed E-state index contributed by atoms with van der Waals surface area (Å²) in [6, 6.07) is 6.03. The summed E-state index contributed by atoms with van der Waals surface area (Å²) in [6.45, 7) is 0.251. The summed E-state index contributed by atoms with van der Waals surface area (Å²) in [4.78, 5) is 35.2. The summed E-state index contributed by atoms with van der Waals surface area (Å²) in [6.07, 6.45) is 3.27. The van der Waals surface area contributed by atoms with E-state index in [1.54, 1.807) is 36.7 Å². The fourth-order valence-corrected chi connectivity index (χ4v) is 3.14. The lowest BCUT2D eigenvalue weighted by Gasteiger charge is -2.23. The van der Waals surface area contributed by atoms with Crippen LogP contribution in [0.3, 0.4) is 0 Å². The lowest BCUT2D eigenvalue weighted by molar-refractivity contribution is -0.124. The van der Waals surface area contributed by atoms with Gasteiger partial charge in [0.2, 0.25) is 17.7 Å². The van der Waals surface area contributed by atoms with E-state index in [-0.39, 0.29) is 35.9 Å². The van der Waals surface area contributed by atoms with Gasteiger partial charge in [0.15, 0.2) is 0 Å². The average Bonchev–Trinajstić information content (AvgIpc) is 3.16. The molecule has 0 aromatic carbocycles. The van der Waals surface area contributed by atoms with Crippen LogP contribution < -0.4 is 19.5 Å². The summed E-state index contributed by atoms with van der Waals surface area (Å²) in [5.41, 5.74) is 0.249. The van der Waals surface area contributed by atoms with Crippen LogP contribution in [0.25, 0.3) is 0 Å². The quantitative estimate of drug-likeness (QED) is 0.787. The zero-order valence-electron chi connectivity index (χ0n) is 15.9. The molecule has 0 saturated carbocycles. The van der Waals surface area contributed by atoms with Crippen LogP contribution in [0.5, 0.6) is 17.5 Å². The van der Waals surface area contributed by atoms with Gasteiger partial charge in [0.1, 0.15) is 23.5 Å². The first kappa shape index (κ1) is 19.4. The molecular formula is C19H22N4O5. The lowest BCUT2D eigenvalue weighted by Crippen LogP contribution is -2.45. The first-order valence-electron chi connectivity index (χ1n) is 8.75. The van der Waals surface area contributed by atoms with E-state index in [4.69, 9.17) is 14.2 Å². The molecule has 1 fully saturated rings. The van der Waals surface area contributed by atoms with Gasteiger partial charge in [0, 0.05) is 25.7 Å². The highest BCUT2D eigenvalue weighted by atomic mass is 16.5. The Bertz CT molecular complexity index is 845. The minimum atomic E-state index is -0.661. The number of nitrogens with one attached hydrogen (secondary N) is 1. The minimum absolute atomic E-state index is 0.136. The Labute approximate surface area is 162 Å². The molecule has 2 aromatic rings. The van der Waals surface area contributed by atoms with Crippen LogP contribution in [0.1, 0.15) is 16.8 Å². The van der Waals surface area contributed by atoms with Crippen LogP contribution in [0.2, 0.25) is 0 Å². The van der Waals surface area contributed by atoms with E-state index in [2.05, 4.69) is 15.3 Å². The van der Waals surface area contributed by atoms with Crippen LogP contribution in [0.4, 0.5) is 0 Å². The van der Waals surface area contributed by atoms with E-state index >= 15 is 0 Å². The first-order valence-corrected chi connectivity index (χ1v) is 8.75. The molecule has 0 spiro atoms. The number of ether oxygens (including phenoxy) is 3. The van der Waals surface area contributed by atoms with Crippen molar-refractivity contribution < 1.29 is 23.8 Å². The van der Waals surface area contributed by atoms with E-state index < -0.39 is 6.04 Å². The third-order valence-corrected chi connectivity index (χ3v) is 4.48. The number of methoxy groups -OCH3 is 2. The maximum Gasteiger partial charge on any atom is 0.260 e. The normalized spacial score (nSPS) is 18.5. The molecule has 1 saturated heterocycles. The van der Waals surface area contributed by atoms with E-state index in [0.29, 0.717) is 18.1 Å². The fraction of sp³-hybridized carbons (Fsp3) is 0.368. The molecular weight excluding hydrogens is 364 g/mol. The summed E-state index contributed by atoms with van der Waals surface area (Å²) in [5, 5.41) is 2.61. The molecule has 0 aliphatic carbocycles. The monoisotopic (exact) mass is 386 g/mol. The van der Waals surface area contributed by atoms with Crippen molar-refractivity contribution in [3.8, 4) is 17.5 Å². The molecule has 148 valence electrons. The number of hydrogen-bond donors (Lipinski definition) is 1. The predicted octanol–water partition coefficient (Wildman–Crippen LogP) is 0.902. The molecule has 0 radical (unpaired) electrons. The Morgan fingerprint density at radius 3 is 2.68 bits per heavy atom. The number of carbonyl (C=O) groups excluding carboxylic acids is 2. The third-order valence-electron chi connectivity index (χ3n) is 4.48. The van der Waals surface area contributed by atoms with E-state index in [1.807, 2.05) is 0 Å². The molecule has 2 amide bonds. The number of rotatable bonds is 6. The highest BCUT2D eigenvalue weighted by Crippen LogP contribution is 2.28. The second kappa shape index (κ2) is 8.55. The van der Waals surface area contributed by atoms with Gasteiger partial charge in [-0.2, -0.15) is 4.98 Å². The van der Waals surface area contributed by atoms with Gasteiger partial charge in [-0.1, -0.05) is 0 Å². The van der Waals surface area contributed by atoms with Gasteiger partial charge in [-0.05, 0) is 18.2 Å². The minimum Gasteiger partial charge on any atom is -0.487 e. The maximum absolute atomic E-state index is 13.2. The van der Waals surface area contributed by atoms with Gasteiger partial charge in [-0.3, -0.25) is 14.6 Å². The number of likely N-dealkylation sites (N-methyl/N-ethyl adjacent to an activating group) is 1. The molecule has 3 heterocycles. The molecule has 1 aliphatic heterocycles. The molecule has 3 rings (SSSR count). The van der Waals surface area contributed by atoms with Crippen molar-refractivity contribution in [2.45, 2.75) is 18.6 Å². The van der Waals surface area contributed by atoms with Crippen molar-refractivity contribution in [3.63, 3.8) is 0 Å². The lowest BCUT2D eigenvalue weighted by atomic mass is 10.1. The first-order chi connectivity index (χ1) is 13.6. The van der Waals surface area contributed by atoms with Crippen molar-refractivity contribution in [1.29, 1.82) is 0 Å². The molecule has 1 N–H and O–H groups in total. The Hall–Kier alpha value is -3.36. The van der Waals surface area contributed by atoms with Crippen LogP contribution in [-0.4, -0.2) is 66.6 Å². The van der Waals surface area contributed by atoms with Gasteiger partial charge < -0.3 is 24.4 Å². The highest BCUT2D eigenvalue weighted by molar-refractivity contribution is 5.99. The van der Waals surface area contributed by atoms with E-state index in [0.717, 1.165) is 0 Å². The average molecular weight is 386 g/mol. The maximum atomic E-state index is 13.2. The molecule has 0 bridgehead atoms. The highest BCUT2D eigenvalue weighted by Gasteiger charge is 2.41. The molecule has 0 unspecified atom stereocenters. The second-order valence-corrected chi connectivity index (χ2v) is 6.16. The molecule has 9 heteroatoms. The van der Waals surface area contributed by atoms with Crippen molar-refractivity contribution in [3.05, 3.63) is 42.2 Å². The standard InChI is InChI=1S/C19H22N4O5/c1-20-17(24)15-9-13(28-12-5-4-8-21-10-12)11-23(15)19(25)14-6-7-16(26-2)22-18(14)27-3/h4-8,10,13,15H,9,11H2,1-3H3,(H,20,24)/t13-,15-/m0/s1. The molecule has 2 aromatic heterocycles. The van der Waals surface area contributed by atoms with Crippen molar-refractivity contribution in [2.75, 3.05) is 27.8 Å². The molecule has 1 aliphatic rings. The Kier molecular flexibility index (Phi) is 5.93. The largest absolute Gasteiger partial charge is 0.487 e. The van der Waals surface area contributed by atoms with Crippen molar-refractivity contribution in [1.82, 2.24) is 20.2 Å². The molecule has 28 heavy (non-hydrogen) atoms. The number of hydrogen-bond acceptors (Lipinski definition) is 7. The second-order valence-electron chi connectivity index (χ2n) is 6.16. The Morgan fingerprint density at radius 1 is 1.21 bits per heavy atom. The number of likely N-dealkylation sites (tertiary alicyclic amines) is 1. The Balaban J connectivity index is 1.85. The van der Waals surface area contributed by atoms with Gasteiger partial charge in [0.05, 0.1) is 27.0 Å². The van der Waals surface area contributed by atoms with Gasteiger partial charge in [-0.25, -0.2) is 0 Å². The third kappa shape index (κ3) is 3.98. The zero-order valence-corrected chi connectivity index (χ0v) is 15.9. The fourth-order valence-electron chi connectivity index (χ4n) is 3.14. The number of aromatic nitrogens is 2. The smallest absolute Gasteiger partial charge is 0.260 e. The summed E-state index contributed by atoms with van der Waals surface area (Å²) in [5.74, 6) is 0.428. The summed E-state index contributed by atoms with van der Waals surface area (Å²) < 4.78 is 16.2. The van der Waals surface area contributed by atoms with Crippen molar-refractivity contribution in [2.24, 2.45) is 0 Å². The topological polar surface area (TPSA) is 103 Å². The zero-order chi connectivity index (χ0) is 20.1. The number of pyridine rings is 2. The van der Waals surface area contributed by atoms with E-state index in [9.17, 15) is 9.59 Å². The van der Waals surface area contributed by atoms with Crippen molar-refractivity contribution >= 4 is 11.8 Å². The van der Waals surface area contributed by atoms with Gasteiger partial charge >= 0.3 is 0 Å². The van der Waals surface area contributed by atoms with Gasteiger partial charge in [0.25, 0.3) is 5.91 Å². The molecule has 2 atom stereocenters. The van der Waals surface area contributed by atoms with Crippen LogP contribution in [0.15, 0.2) is 36.7 Å². The van der Waals surface area contributed by atoms with Crippen LogP contribution in [-0.2, 0) is 4.79 Å². The van der Waals surface area contributed by atoms with Crippen LogP contribution >= 0.6 is 0 Å². The predicted molar refractivity (Wildman–Crippen MR) is 99.5 cm³/mol. The summed E-state index contributed by atoms with van der Waals surface area (Å²) >= 11 is 0. The number of nitrogens with zero attached hydrogens (tertiary/aromatic N) is 3. The number of carbonyl (C=O) groups is 2.